The van der Waals surface area contributed by atoms with Crippen LogP contribution in [0.15, 0.2) is 48.0 Å². The molecule has 0 saturated heterocycles. The smallest absolute Gasteiger partial charge is 0.337 e. The van der Waals surface area contributed by atoms with Gasteiger partial charge < -0.3 is 10.4 Å². The average Bonchev–Trinajstić information content (AvgIpc) is 2.51. The number of carbonyl (C=O) groups excluding carboxylic acids is 1. The minimum Gasteiger partial charge on any atom is -0.478 e. The van der Waals surface area contributed by atoms with Crippen molar-refractivity contribution < 1.29 is 14.7 Å². The third kappa shape index (κ3) is 4.20. The molecule has 0 aliphatic rings. The Labute approximate surface area is 139 Å². The molecule has 2 aromatic carbocycles. The first kappa shape index (κ1) is 16.8. The second-order valence-electron chi connectivity index (χ2n) is 5.13. The van der Waals surface area contributed by atoms with Gasteiger partial charge in [-0.1, -0.05) is 35.9 Å². The quantitative estimate of drug-likeness (QED) is 0.817. The predicted molar refractivity (Wildman–Crippen MR) is 91.9 cm³/mol. The molecule has 118 valence electrons. The number of anilines is 1. The topological polar surface area (TPSA) is 66.4 Å². The van der Waals surface area contributed by atoms with Crippen LogP contribution in [0.3, 0.4) is 0 Å². The third-order valence-corrected chi connectivity index (χ3v) is 3.61. The Balaban J connectivity index is 2.26. The molecule has 0 spiro atoms. The summed E-state index contributed by atoms with van der Waals surface area (Å²) < 4.78 is 0. The Morgan fingerprint density at radius 3 is 2.52 bits per heavy atom. The number of rotatable bonds is 4. The second kappa shape index (κ2) is 7.11. The van der Waals surface area contributed by atoms with Crippen molar-refractivity contribution in [3.63, 3.8) is 0 Å². The van der Waals surface area contributed by atoms with Gasteiger partial charge in [0, 0.05) is 10.6 Å². The molecule has 2 N–H and O–H groups in total. The Morgan fingerprint density at radius 1 is 1.17 bits per heavy atom. The lowest BCUT2D eigenvalue weighted by Gasteiger charge is -2.09. The molecule has 0 atom stereocenters. The normalized spacial score (nSPS) is 11.2. The van der Waals surface area contributed by atoms with Gasteiger partial charge in [0.1, 0.15) is 0 Å². The zero-order valence-electron chi connectivity index (χ0n) is 12.8. The molecule has 0 unspecified atom stereocenters. The number of benzene rings is 2. The number of carboxylic acids is 1. The lowest BCUT2D eigenvalue weighted by molar-refractivity contribution is -0.112. The first-order valence-corrected chi connectivity index (χ1v) is 7.34. The number of aromatic carboxylic acids is 1. The summed E-state index contributed by atoms with van der Waals surface area (Å²) in [5.74, 6) is -1.51. The minimum atomic E-state index is -1.15. The molecule has 0 bridgehead atoms. The maximum Gasteiger partial charge on any atom is 0.337 e. The lowest BCUT2D eigenvalue weighted by atomic mass is 10.1. The average molecular weight is 330 g/mol. The fraction of sp³-hybridized carbons (Fsp3) is 0.111. The van der Waals surface area contributed by atoms with Crippen LogP contribution in [-0.4, -0.2) is 17.0 Å². The van der Waals surface area contributed by atoms with Crippen molar-refractivity contribution in [1.29, 1.82) is 0 Å². The van der Waals surface area contributed by atoms with E-state index in [4.69, 9.17) is 11.6 Å². The number of hydrogen-bond acceptors (Lipinski definition) is 2. The molecule has 0 fully saturated rings. The Kier molecular flexibility index (Phi) is 5.19. The molecule has 4 nitrogen and oxygen atoms in total. The van der Waals surface area contributed by atoms with Crippen LogP contribution >= 0.6 is 11.6 Å². The molecule has 0 aliphatic carbocycles. The summed E-state index contributed by atoms with van der Waals surface area (Å²) in [6, 6.07) is 12.0. The van der Waals surface area contributed by atoms with Gasteiger partial charge in [-0.15, -0.1) is 0 Å². The van der Waals surface area contributed by atoms with E-state index in [2.05, 4.69) is 5.32 Å². The molecule has 23 heavy (non-hydrogen) atoms. The highest BCUT2D eigenvalue weighted by Crippen LogP contribution is 2.22. The van der Waals surface area contributed by atoms with Gasteiger partial charge in [0.25, 0.3) is 5.91 Å². The molecule has 0 saturated carbocycles. The highest BCUT2D eigenvalue weighted by molar-refractivity contribution is 6.31. The fourth-order valence-electron chi connectivity index (χ4n) is 2.07. The van der Waals surface area contributed by atoms with Crippen LogP contribution in [0.1, 0.15) is 28.4 Å². The van der Waals surface area contributed by atoms with Crippen LogP contribution in [0, 0.1) is 6.92 Å². The molecular weight excluding hydrogens is 314 g/mol. The monoisotopic (exact) mass is 329 g/mol. The summed E-state index contributed by atoms with van der Waals surface area (Å²) in [6.45, 7) is 3.64. The second-order valence-corrected chi connectivity index (χ2v) is 5.57. The number of nitrogens with one attached hydrogen (secondary N) is 1. The van der Waals surface area contributed by atoms with E-state index in [1.807, 2.05) is 31.2 Å². The van der Waals surface area contributed by atoms with Crippen molar-refractivity contribution in [2.24, 2.45) is 0 Å². The summed E-state index contributed by atoms with van der Waals surface area (Å²) in [7, 11) is 0. The van der Waals surface area contributed by atoms with E-state index in [-0.39, 0.29) is 17.2 Å². The maximum atomic E-state index is 12.3. The number of aryl methyl sites for hydroxylation is 1. The van der Waals surface area contributed by atoms with E-state index in [1.165, 1.54) is 18.2 Å². The SMILES string of the molecule is C/C(=C\c1ccccc1C)C(=O)Nc1ccc(Cl)cc1C(=O)O. The molecule has 0 heterocycles. The van der Waals surface area contributed by atoms with Crippen LogP contribution in [0.4, 0.5) is 5.69 Å². The molecule has 0 radical (unpaired) electrons. The first-order chi connectivity index (χ1) is 10.9. The Hall–Kier alpha value is -2.59. The fourth-order valence-corrected chi connectivity index (χ4v) is 2.24. The molecular formula is C18H16ClNO3. The number of hydrogen-bond donors (Lipinski definition) is 2. The maximum absolute atomic E-state index is 12.3. The zero-order chi connectivity index (χ0) is 17.0. The first-order valence-electron chi connectivity index (χ1n) is 6.96. The van der Waals surface area contributed by atoms with E-state index in [1.54, 1.807) is 13.0 Å². The van der Waals surface area contributed by atoms with Crippen molar-refractivity contribution in [3.05, 3.63) is 69.8 Å². The van der Waals surface area contributed by atoms with Gasteiger partial charge in [-0.3, -0.25) is 4.79 Å². The molecule has 1 amide bonds. The van der Waals surface area contributed by atoms with Crippen molar-refractivity contribution in [2.75, 3.05) is 5.32 Å². The van der Waals surface area contributed by atoms with Gasteiger partial charge >= 0.3 is 5.97 Å². The van der Waals surface area contributed by atoms with Gasteiger partial charge in [0.2, 0.25) is 0 Å². The van der Waals surface area contributed by atoms with Crippen molar-refractivity contribution in [1.82, 2.24) is 0 Å². The predicted octanol–water partition coefficient (Wildman–Crippen LogP) is 4.39. The summed E-state index contributed by atoms with van der Waals surface area (Å²) in [4.78, 5) is 23.5. The van der Waals surface area contributed by atoms with Gasteiger partial charge in [-0.2, -0.15) is 0 Å². The minimum absolute atomic E-state index is 0.0467. The van der Waals surface area contributed by atoms with E-state index in [0.717, 1.165) is 11.1 Å². The highest BCUT2D eigenvalue weighted by atomic mass is 35.5. The van der Waals surface area contributed by atoms with Crippen LogP contribution in [0.5, 0.6) is 0 Å². The lowest BCUT2D eigenvalue weighted by Crippen LogP contribution is -2.15. The zero-order valence-corrected chi connectivity index (χ0v) is 13.5. The van der Waals surface area contributed by atoms with Gasteiger partial charge in [-0.25, -0.2) is 4.79 Å². The van der Waals surface area contributed by atoms with E-state index < -0.39 is 5.97 Å². The molecule has 0 aromatic heterocycles. The number of amides is 1. The van der Waals surface area contributed by atoms with Gasteiger partial charge in [0.05, 0.1) is 11.3 Å². The number of carboxylic acid groups (broad SMARTS) is 1. The Bertz CT molecular complexity index is 797. The molecule has 2 aromatic rings. The molecule has 0 aliphatic heterocycles. The number of halogens is 1. The van der Waals surface area contributed by atoms with Crippen molar-refractivity contribution in [2.45, 2.75) is 13.8 Å². The van der Waals surface area contributed by atoms with Crippen LogP contribution in [-0.2, 0) is 4.79 Å². The summed E-state index contributed by atoms with van der Waals surface area (Å²) in [5, 5.41) is 12.1. The van der Waals surface area contributed by atoms with Gasteiger partial charge in [-0.05, 0) is 49.2 Å². The highest BCUT2D eigenvalue weighted by Gasteiger charge is 2.14. The third-order valence-electron chi connectivity index (χ3n) is 3.38. The number of carbonyl (C=O) groups is 2. The van der Waals surface area contributed by atoms with Crippen molar-refractivity contribution in [3.8, 4) is 0 Å². The Morgan fingerprint density at radius 2 is 1.87 bits per heavy atom. The summed E-state index contributed by atoms with van der Waals surface area (Å²) in [5.41, 5.74) is 2.64. The summed E-state index contributed by atoms with van der Waals surface area (Å²) in [6.07, 6.45) is 1.76. The molecule has 5 heteroatoms. The van der Waals surface area contributed by atoms with E-state index >= 15 is 0 Å². The molecule has 2 rings (SSSR count). The van der Waals surface area contributed by atoms with Crippen LogP contribution < -0.4 is 5.32 Å². The summed E-state index contributed by atoms with van der Waals surface area (Å²) >= 11 is 5.80. The van der Waals surface area contributed by atoms with Gasteiger partial charge in [0.15, 0.2) is 0 Å². The van der Waals surface area contributed by atoms with E-state index in [0.29, 0.717) is 10.6 Å². The largest absolute Gasteiger partial charge is 0.478 e. The standard InChI is InChI=1S/C18H16ClNO3/c1-11-5-3-4-6-13(11)9-12(2)17(21)20-16-8-7-14(19)10-15(16)18(22)23/h3-10H,1-2H3,(H,20,21)(H,22,23)/b12-9+. The van der Waals surface area contributed by atoms with Crippen molar-refractivity contribution >= 4 is 35.2 Å². The van der Waals surface area contributed by atoms with E-state index in [9.17, 15) is 14.7 Å². The van der Waals surface area contributed by atoms with Crippen LogP contribution in [0.25, 0.3) is 6.08 Å². The van der Waals surface area contributed by atoms with Crippen LogP contribution in [0.2, 0.25) is 5.02 Å².